The first-order chi connectivity index (χ1) is 15.4. The summed E-state index contributed by atoms with van der Waals surface area (Å²) in [6.45, 7) is 7.43. The first-order valence-electron chi connectivity index (χ1n) is 12.1. The molecule has 174 valence electrons. The lowest BCUT2D eigenvalue weighted by Crippen LogP contribution is -2.48. The van der Waals surface area contributed by atoms with E-state index in [1.165, 1.54) is 48.4 Å². The zero-order chi connectivity index (χ0) is 22.6. The van der Waals surface area contributed by atoms with Gasteiger partial charge in [0.1, 0.15) is 5.60 Å². The van der Waals surface area contributed by atoms with Crippen LogP contribution < -0.4 is 0 Å². The highest BCUT2D eigenvalue weighted by Gasteiger charge is 2.37. The minimum atomic E-state index is -0.637. The van der Waals surface area contributed by atoms with Crippen molar-refractivity contribution >= 4 is 16.9 Å². The van der Waals surface area contributed by atoms with Crippen LogP contribution in [0.5, 0.6) is 0 Å². The van der Waals surface area contributed by atoms with Gasteiger partial charge in [0.25, 0.3) is 0 Å². The Bertz CT molecular complexity index is 900. The molecule has 5 nitrogen and oxygen atoms in total. The van der Waals surface area contributed by atoms with E-state index in [1.54, 1.807) is 5.06 Å². The van der Waals surface area contributed by atoms with Crippen molar-refractivity contribution in [2.75, 3.05) is 13.1 Å². The van der Waals surface area contributed by atoms with Gasteiger partial charge in [0.2, 0.25) is 0 Å². The van der Waals surface area contributed by atoms with Gasteiger partial charge >= 0.3 is 6.16 Å². The van der Waals surface area contributed by atoms with Gasteiger partial charge in [0.05, 0.1) is 19.3 Å². The van der Waals surface area contributed by atoms with Crippen molar-refractivity contribution < 1.29 is 19.1 Å². The van der Waals surface area contributed by atoms with Gasteiger partial charge in [0, 0.05) is 6.54 Å². The third kappa shape index (κ3) is 6.23. The van der Waals surface area contributed by atoms with Gasteiger partial charge in [-0.25, -0.2) is 4.79 Å². The highest BCUT2D eigenvalue weighted by atomic mass is 16.8. The van der Waals surface area contributed by atoms with E-state index in [2.05, 4.69) is 42.5 Å². The van der Waals surface area contributed by atoms with Gasteiger partial charge in [0.15, 0.2) is 0 Å². The Kier molecular flexibility index (Phi) is 7.37. The van der Waals surface area contributed by atoms with E-state index in [9.17, 15) is 4.79 Å². The summed E-state index contributed by atoms with van der Waals surface area (Å²) in [5.74, 6) is 1.21. The summed E-state index contributed by atoms with van der Waals surface area (Å²) in [5.41, 5.74) is 0.611. The van der Waals surface area contributed by atoms with Crippen LogP contribution in [0.4, 0.5) is 4.79 Å². The summed E-state index contributed by atoms with van der Waals surface area (Å²) in [4.78, 5) is 17.7. The minimum absolute atomic E-state index is 0.0424. The van der Waals surface area contributed by atoms with Crippen LogP contribution in [0.2, 0.25) is 0 Å². The molecule has 2 fully saturated rings. The number of fused-ring (bicyclic) bond motifs is 1. The second kappa shape index (κ2) is 10.2. The molecule has 1 aliphatic heterocycles. The number of carbonyl (C=O) groups excluding carboxylic acids is 1. The smallest absolute Gasteiger partial charge is 0.427 e. The van der Waals surface area contributed by atoms with Crippen molar-refractivity contribution in [2.24, 2.45) is 11.8 Å². The Balaban J connectivity index is 1.42. The van der Waals surface area contributed by atoms with Gasteiger partial charge in [-0.2, -0.15) is 0 Å². The topological polar surface area (TPSA) is 48.0 Å². The summed E-state index contributed by atoms with van der Waals surface area (Å²) in [6, 6.07) is 14.9. The average molecular weight is 440 g/mol. The monoisotopic (exact) mass is 439 g/mol. The molecule has 32 heavy (non-hydrogen) atoms. The summed E-state index contributed by atoms with van der Waals surface area (Å²) >= 11 is 0. The van der Waals surface area contributed by atoms with Gasteiger partial charge in [-0.3, -0.25) is 0 Å². The maximum Gasteiger partial charge on any atom is 0.528 e. The Hall–Kier alpha value is -2.11. The van der Waals surface area contributed by atoms with Crippen LogP contribution in [0.15, 0.2) is 42.5 Å². The normalized spacial score (nSPS) is 23.2. The maximum absolute atomic E-state index is 12.2. The molecule has 0 spiro atoms. The summed E-state index contributed by atoms with van der Waals surface area (Å²) in [7, 11) is 0. The van der Waals surface area contributed by atoms with Crippen LogP contribution in [-0.4, -0.2) is 36.0 Å². The van der Waals surface area contributed by atoms with Crippen LogP contribution >= 0.6 is 0 Å². The standard InChI is InChI=1S/C27H37NO4/c1-27(2,3)31-26(29)32-28-16-15-24(22-10-5-4-6-11-22)25(18-28)30-19-20-13-14-21-9-7-8-12-23(21)17-20/h7-9,12-14,17,22,24-25H,4-6,10-11,15-16,18-19H2,1-3H3. The SMILES string of the molecule is CC(C)(C)OC(=O)ON1CCC(C2CCCCC2)C(OCc2ccc3ccccc3c2)C1. The number of hydroxylamine groups is 2. The maximum atomic E-state index is 12.2. The molecule has 0 amide bonds. The number of hydrogen-bond acceptors (Lipinski definition) is 5. The highest BCUT2D eigenvalue weighted by molar-refractivity contribution is 5.82. The van der Waals surface area contributed by atoms with E-state index < -0.39 is 11.8 Å². The fourth-order valence-electron chi connectivity index (χ4n) is 5.17. The minimum Gasteiger partial charge on any atom is -0.427 e. The quantitative estimate of drug-likeness (QED) is 0.498. The predicted molar refractivity (Wildman–Crippen MR) is 126 cm³/mol. The molecule has 2 atom stereocenters. The molecule has 0 N–H and O–H groups in total. The summed E-state index contributed by atoms with van der Waals surface area (Å²) in [5, 5.41) is 4.21. The highest BCUT2D eigenvalue weighted by Crippen LogP contribution is 2.37. The number of rotatable bonds is 5. The predicted octanol–water partition coefficient (Wildman–Crippen LogP) is 6.49. The van der Waals surface area contributed by atoms with Crippen molar-refractivity contribution in [1.82, 2.24) is 5.06 Å². The molecular formula is C27H37NO4. The lowest BCUT2D eigenvalue weighted by molar-refractivity contribution is -0.192. The molecule has 1 saturated heterocycles. The molecule has 1 aliphatic carbocycles. The van der Waals surface area contributed by atoms with Gasteiger partial charge in [-0.05, 0) is 61.4 Å². The van der Waals surface area contributed by atoms with Crippen molar-refractivity contribution in [3.63, 3.8) is 0 Å². The Morgan fingerprint density at radius 3 is 2.50 bits per heavy atom. The summed E-state index contributed by atoms with van der Waals surface area (Å²) in [6.07, 6.45) is 6.94. The molecule has 2 aromatic carbocycles. The van der Waals surface area contributed by atoms with Crippen molar-refractivity contribution in [2.45, 2.75) is 77.6 Å². The molecule has 0 bridgehead atoms. The van der Waals surface area contributed by atoms with E-state index in [0.29, 0.717) is 25.0 Å². The zero-order valence-electron chi connectivity index (χ0n) is 19.7. The van der Waals surface area contributed by atoms with E-state index >= 15 is 0 Å². The largest absolute Gasteiger partial charge is 0.528 e. The fourth-order valence-corrected chi connectivity index (χ4v) is 5.17. The van der Waals surface area contributed by atoms with Crippen molar-refractivity contribution in [1.29, 1.82) is 0 Å². The van der Waals surface area contributed by atoms with Gasteiger partial charge in [-0.15, -0.1) is 5.06 Å². The summed E-state index contributed by atoms with van der Waals surface area (Å²) < 4.78 is 11.9. The number of carbonyl (C=O) groups is 1. The van der Waals surface area contributed by atoms with E-state index in [4.69, 9.17) is 14.3 Å². The molecular weight excluding hydrogens is 402 g/mol. The van der Waals surface area contributed by atoms with Gasteiger partial charge < -0.3 is 14.3 Å². The number of ether oxygens (including phenoxy) is 2. The van der Waals surface area contributed by atoms with Crippen LogP contribution in [0.25, 0.3) is 10.8 Å². The molecule has 2 aromatic rings. The second-order valence-corrected chi connectivity index (χ2v) is 10.3. The lowest BCUT2D eigenvalue weighted by atomic mass is 9.74. The number of nitrogens with zero attached hydrogens (tertiary/aromatic N) is 1. The average Bonchev–Trinajstić information content (AvgIpc) is 2.77. The number of benzene rings is 2. The van der Waals surface area contributed by atoms with Crippen LogP contribution in [0, 0.1) is 11.8 Å². The van der Waals surface area contributed by atoms with Crippen LogP contribution in [0.1, 0.15) is 64.9 Å². The second-order valence-electron chi connectivity index (χ2n) is 10.3. The lowest BCUT2D eigenvalue weighted by Gasteiger charge is -2.42. The van der Waals surface area contributed by atoms with E-state index in [1.807, 2.05) is 20.8 Å². The van der Waals surface area contributed by atoms with Crippen molar-refractivity contribution in [3.8, 4) is 0 Å². The fraction of sp³-hybridized carbons (Fsp3) is 0.593. The van der Waals surface area contributed by atoms with Gasteiger partial charge in [-0.1, -0.05) is 68.5 Å². The van der Waals surface area contributed by atoms with E-state index in [0.717, 1.165) is 13.0 Å². The first kappa shape index (κ1) is 23.1. The Labute approximate surface area is 192 Å². The Morgan fingerprint density at radius 1 is 1.00 bits per heavy atom. The molecule has 1 saturated carbocycles. The first-order valence-corrected chi connectivity index (χ1v) is 12.1. The molecule has 1 heterocycles. The van der Waals surface area contributed by atoms with Crippen LogP contribution in [-0.2, 0) is 20.9 Å². The van der Waals surface area contributed by atoms with E-state index in [-0.39, 0.29) is 6.10 Å². The van der Waals surface area contributed by atoms with Crippen molar-refractivity contribution in [3.05, 3.63) is 48.0 Å². The molecule has 4 rings (SSSR count). The molecule has 0 aromatic heterocycles. The molecule has 5 heteroatoms. The third-order valence-corrected chi connectivity index (χ3v) is 6.70. The molecule has 0 radical (unpaired) electrons. The number of hydrogen-bond donors (Lipinski definition) is 0. The molecule has 2 unspecified atom stereocenters. The Morgan fingerprint density at radius 2 is 1.75 bits per heavy atom. The zero-order valence-corrected chi connectivity index (χ0v) is 19.7. The number of piperidine rings is 1. The third-order valence-electron chi connectivity index (χ3n) is 6.70. The molecule has 2 aliphatic rings. The van der Waals surface area contributed by atoms with Crippen LogP contribution in [0.3, 0.4) is 0 Å².